The van der Waals surface area contributed by atoms with Crippen molar-refractivity contribution < 1.29 is 0 Å². The van der Waals surface area contributed by atoms with Gasteiger partial charge in [0, 0.05) is 53.1 Å². The van der Waals surface area contributed by atoms with Crippen LogP contribution in [0.1, 0.15) is 0 Å². The molecule has 0 aliphatic carbocycles. The first-order chi connectivity index (χ1) is 27.3. The molecule has 0 atom stereocenters. The zero-order valence-corrected chi connectivity index (χ0v) is 30.6. The van der Waals surface area contributed by atoms with Gasteiger partial charge in [0.25, 0.3) is 0 Å². The molecule has 0 saturated carbocycles. The summed E-state index contributed by atoms with van der Waals surface area (Å²) in [5.74, 6) is 0. The Labute approximate surface area is 321 Å². The molecule has 0 aliphatic rings. The molecule has 12 rings (SSSR count). The van der Waals surface area contributed by atoms with E-state index < -0.39 is 0 Å². The zero-order valence-electron chi connectivity index (χ0n) is 29.8. The van der Waals surface area contributed by atoms with Crippen molar-refractivity contribution in [3.8, 4) is 33.6 Å². The molecule has 2 nitrogen and oxygen atoms in total. The van der Waals surface area contributed by atoms with Crippen LogP contribution in [0.15, 0.2) is 194 Å². The highest BCUT2D eigenvalue weighted by atomic mass is 32.1. The van der Waals surface area contributed by atoms with E-state index in [-0.39, 0.29) is 0 Å². The summed E-state index contributed by atoms with van der Waals surface area (Å²) in [6.45, 7) is 0. The van der Waals surface area contributed by atoms with Gasteiger partial charge in [-0.3, -0.25) is 0 Å². The van der Waals surface area contributed by atoms with Gasteiger partial charge in [0.05, 0.1) is 22.1 Å². The first kappa shape index (κ1) is 30.5. The Bertz CT molecular complexity index is 3490. The molecule has 256 valence electrons. The van der Waals surface area contributed by atoms with Crippen LogP contribution in [-0.4, -0.2) is 9.13 Å². The van der Waals surface area contributed by atoms with E-state index in [4.69, 9.17) is 0 Å². The van der Waals surface area contributed by atoms with Crippen LogP contribution in [0.3, 0.4) is 0 Å². The summed E-state index contributed by atoms with van der Waals surface area (Å²) in [6.07, 6.45) is 0. The van der Waals surface area contributed by atoms with Gasteiger partial charge in [-0.15, -0.1) is 11.3 Å². The predicted molar refractivity (Wildman–Crippen MR) is 236 cm³/mol. The highest BCUT2D eigenvalue weighted by Gasteiger charge is 2.20. The molecular formula is C52H32N2S. The van der Waals surface area contributed by atoms with Crippen molar-refractivity contribution in [2.75, 3.05) is 0 Å². The van der Waals surface area contributed by atoms with E-state index in [2.05, 4.69) is 203 Å². The number of para-hydroxylation sites is 1. The molecule has 0 radical (unpaired) electrons. The Kier molecular flexibility index (Phi) is 6.54. The van der Waals surface area contributed by atoms with E-state index in [9.17, 15) is 0 Å². The summed E-state index contributed by atoms with van der Waals surface area (Å²) in [5, 5.41) is 10.2. The number of nitrogens with zero attached hydrogens (tertiary/aromatic N) is 2. The molecule has 12 aromatic rings. The number of fused-ring (bicyclic) bond motifs is 11. The maximum atomic E-state index is 2.50. The van der Waals surface area contributed by atoms with E-state index in [0.29, 0.717) is 0 Å². The lowest BCUT2D eigenvalue weighted by Crippen LogP contribution is -1.94. The summed E-state index contributed by atoms with van der Waals surface area (Å²) in [7, 11) is 0. The van der Waals surface area contributed by atoms with Crippen molar-refractivity contribution in [2.24, 2.45) is 0 Å². The fourth-order valence-corrected chi connectivity index (χ4v) is 10.1. The minimum Gasteiger partial charge on any atom is -0.309 e. The van der Waals surface area contributed by atoms with E-state index in [0.717, 1.165) is 5.69 Å². The van der Waals surface area contributed by atoms with Crippen LogP contribution < -0.4 is 0 Å². The molecule has 3 heterocycles. The van der Waals surface area contributed by atoms with Crippen LogP contribution in [0, 0.1) is 0 Å². The summed E-state index contributed by atoms with van der Waals surface area (Å²) in [5.41, 5.74) is 12.1. The minimum atomic E-state index is 1.16. The third kappa shape index (κ3) is 4.60. The predicted octanol–water partition coefficient (Wildman–Crippen LogP) is 14.7. The van der Waals surface area contributed by atoms with E-state index in [1.165, 1.54) is 102 Å². The maximum Gasteiger partial charge on any atom is 0.0634 e. The highest BCUT2D eigenvalue weighted by molar-refractivity contribution is 7.26. The molecule has 0 aliphatic heterocycles. The monoisotopic (exact) mass is 716 g/mol. The van der Waals surface area contributed by atoms with Crippen LogP contribution in [-0.2, 0) is 0 Å². The largest absolute Gasteiger partial charge is 0.309 e. The van der Waals surface area contributed by atoms with Gasteiger partial charge in [-0.1, -0.05) is 127 Å². The molecule has 9 aromatic carbocycles. The normalized spacial score (nSPS) is 12.0. The SMILES string of the molecule is c1ccc(-c2cccc(-n3c4ccccc4c4cc(-c5ccc6c(c5)c5ccc7sc8ccccc8c7c5n6-c5ccc6ccccc6c5)ccc43)c2)cc1. The van der Waals surface area contributed by atoms with Crippen LogP contribution in [0.25, 0.3) is 108 Å². The van der Waals surface area contributed by atoms with Crippen molar-refractivity contribution in [2.45, 2.75) is 0 Å². The Hall–Kier alpha value is -6.94. The van der Waals surface area contributed by atoms with E-state index in [1.807, 2.05) is 11.3 Å². The smallest absolute Gasteiger partial charge is 0.0634 e. The summed E-state index contributed by atoms with van der Waals surface area (Å²) in [6, 6.07) is 71.5. The Morgan fingerprint density at radius 3 is 1.80 bits per heavy atom. The quantitative estimate of drug-likeness (QED) is 0.172. The van der Waals surface area contributed by atoms with Gasteiger partial charge >= 0.3 is 0 Å². The maximum absolute atomic E-state index is 2.50. The number of hydrogen-bond acceptors (Lipinski definition) is 1. The number of aromatic nitrogens is 2. The minimum absolute atomic E-state index is 1.16. The van der Waals surface area contributed by atoms with Crippen LogP contribution >= 0.6 is 11.3 Å². The van der Waals surface area contributed by atoms with Crippen LogP contribution in [0.2, 0.25) is 0 Å². The first-order valence-electron chi connectivity index (χ1n) is 18.8. The van der Waals surface area contributed by atoms with Crippen LogP contribution in [0.4, 0.5) is 0 Å². The lowest BCUT2D eigenvalue weighted by molar-refractivity contribution is 1.18. The van der Waals surface area contributed by atoms with Crippen molar-refractivity contribution >= 4 is 85.9 Å². The molecule has 0 unspecified atom stereocenters. The van der Waals surface area contributed by atoms with Crippen LogP contribution in [0.5, 0.6) is 0 Å². The average molecular weight is 717 g/mol. The fourth-order valence-electron chi connectivity index (χ4n) is 8.96. The molecular weight excluding hydrogens is 685 g/mol. The molecule has 3 heteroatoms. The average Bonchev–Trinajstić information content (AvgIpc) is 3.91. The van der Waals surface area contributed by atoms with Gasteiger partial charge in [-0.2, -0.15) is 0 Å². The highest BCUT2D eigenvalue weighted by Crippen LogP contribution is 2.44. The molecule has 0 N–H and O–H groups in total. The molecule has 3 aromatic heterocycles. The summed E-state index contributed by atoms with van der Waals surface area (Å²) < 4.78 is 7.55. The molecule has 0 amide bonds. The second-order valence-corrected chi connectivity index (χ2v) is 15.6. The zero-order chi connectivity index (χ0) is 36.0. The molecule has 0 spiro atoms. The van der Waals surface area contributed by atoms with Crippen molar-refractivity contribution in [3.63, 3.8) is 0 Å². The van der Waals surface area contributed by atoms with E-state index in [1.54, 1.807) is 0 Å². The molecule has 0 bridgehead atoms. The number of hydrogen-bond donors (Lipinski definition) is 0. The van der Waals surface area contributed by atoms with Gasteiger partial charge in [-0.05, 0) is 99.8 Å². The second kappa shape index (κ2) is 11.8. The molecule has 0 saturated heterocycles. The standard InChI is InChI=1S/C52H32N2S/c1-2-11-33(12-3-1)36-15-10-16-39(29-36)53-46-19-8-6-17-41(46)44-31-37(22-26-47(44)53)38-23-27-48-45(32-38)42-25-28-50-51(43-18-7-9-20-49(43)55-50)52(42)54(48)40-24-21-34-13-4-5-14-35(34)30-40/h1-32H. The van der Waals surface area contributed by atoms with Gasteiger partial charge in [0.2, 0.25) is 0 Å². The Morgan fingerprint density at radius 1 is 0.309 bits per heavy atom. The summed E-state index contributed by atoms with van der Waals surface area (Å²) in [4.78, 5) is 0. The summed E-state index contributed by atoms with van der Waals surface area (Å²) >= 11 is 1.88. The first-order valence-corrected chi connectivity index (χ1v) is 19.7. The van der Waals surface area contributed by atoms with Crippen molar-refractivity contribution in [1.29, 1.82) is 0 Å². The van der Waals surface area contributed by atoms with E-state index >= 15 is 0 Å². The Balaban J connectivity index is 1.08. The number of benzene rings is 9. The topological polar surface area (TPSA) is 9.86 Å². The number of rotatable bonds is 4. The Morgan fingerprint density at radius 2 is 0.945 bits per heavy atom. The molecule has 55 heavy (non-hydrogen) atoms. The number of thiophene rings is 1. The lowest BCUT2D eigenvalue weighted by atomic mass is 10.00. The fraction of sp³-hybridized carbons (Fsp3) is 0. The third-order valence-electron chi connectivity index (χ3n) is 11.5. The third-order valence-corrected chi connectivity index (χ3v) is 12.6. The van der Waals surface area contributed by atoms with Gasteiger partial charge < -0.3 is 9.13 Å². The van der Waals surface area contributed by atoms with Gasteiger partial charge in [0.1, 0.15) is 0 Å². The van der Waals surface area contributed by atoms with Gasteiger partial charge in [0.15, 0.2) is 0 Å². The van der Waals surface area contributed by atoms with Crippen molar-refractivity contribution in [1.82, 2.24) is 9.13 Å². The van der Waals surface area contributed by atoms with Crippen molar-refractivity contribution in [3.05, 3.63) is 194 Å². The lowest BCUT2D eigenvalue weighted by Gasteiger charge is -2.11. The molecule has 0 fully saturated rings. The second-order valence-electron chi connectivity index (χ2n) is 14.5. The van der Waals surface area contributed by atoms with Gasteiger partial charge in [-0.25, -0.2) is 0 Å².